The Bertz CT molecular complexity index is 1030. The summed E-state index contributed by atoms with van der Waals surface area (Å²) < 4.78 is 46.4. The number of aliphatic hydroxyl groups is 1. The van der Waals surface area contributed by atoms with Crippen molar-refractivity contribution in [2.45, 2.75) is 30.3 Å². The number of likely N-dealkylation sites (N-methyl/N-ethyl adjacent to an activating group) is 1. The molecule has 0 aliphatic carbocycles. The number of nitrogens with one attached hydrogen (secondary N) is 1. The maximum atomic E-state index is 13.5. The fourth-order valence-corrected chi connectivity index (χ4v) is 5.73. The van der Waals surface area contributed by atoms with Gasteiger partial charge in [0.25, 0.3) is 0 Å². The highest BCUT2D eigenvalue weighted by molar-refractivity contribution is 7.89. The molecule has 30 heavy (non-hydrogen) atoms. The predicted molar refractivity (Wildman–Crippen MR) is 110 cm³/mol. The second-order valence-electron chi connectivity index (χ2n) is 7.56. The average Bonchev–Trinajstić information content (AvgIpc) is 3.20. The number of sulfonamides is 1. The van der Waals surface area contributed by atoms with Gasteiger partial charge in [0.2, 0.25) is 22.6 Å². The number of rotatable bonds is 7. The summed E-state index contributed by atoms with van der Waals surface area (Å²) in [5, 5.41) is 9.84. The second-order valence-corrected chi connectivity index (χ2v) is 9.21. The number of ether oxygens (including phenoxy) is 3. The Morgan fingerprint density at radius 2 is 1.93 bits per heavy atom. The molecule has 0 bridgehead atoms. The lowest BCUT2D eigenvalue weighted by atomic mass is 9.97. The van der Waals surface area contributed by atoms with Crippen LogP contribution in [0.4, 0.5) is 0 Å². The standard InChI is InChI=1S/C21H26N2O6S/c1-23-9-8-16-17(11-23)18(27-2)19-20(29-13-28-19)21(16)30(25,26)22-15(12-24)10-14-6-4-3-5-7-14/h3-7,15,22,24H,8-13H2,1-2H3/t15-/m1/s1. The highest BCUT2D eigenvalue weighted by Crippen LogP contribution is 2.51. The molecule has 0 saturated carbocycles. The van der Waals surface area contributed by atoms with Crippen molar-refractivity contribution in [3.05, 3.63) is 47.0 Å². The normalized spacial score (nSPS) is 16.9. The number of methoxy groups -OCH3 is 1. The molecular formula is C21H26N2O6S. The summed E-state index contributed by atoms with van der Waals surface area (Å²) in [6.45, 7) is 0.867. The Balaban J connectivity index is 1.75. The number of hydrogen-bond acceptors (Lipinski definition) is 7. The molecule has 0 saturated heterocycles. The number of fused-ring (bicyclic) bond motifs is 2. The van der Waals surface area contributed by atoms with E-state index in [4.69, 9.17) is 14.2 Å². The maximum Gasteiger partial charge on any atom is 0.245 e. The summed E-state index contributed by atoms with van der Waals surface area (Å²) in [7, 11) is -0.475. The number of nitrogens with zero attached hydrogens (tertiary/aromatic N) is 1. The third-order valence-electron chi connectivity index (χ3n) is 5.45. The third kappa shape index (κ3) is 3.85. The van der Waals surface area contributed by atoms with Gasteiger partial charge in [-0.2, -0.15) is 0 Å². The van der Waals surface area contributed by atoms with Crippen LogP contribution < -0.4 is 18.9 Å². The van der Waals surface area contributed by atoms with Gasteiger partial charge in [0.15, 0.2) is 11.5 Å². The van der Waals surface area contributed by atoms with Gasteiger partial charge in [-0.25, -0.2) is 13.1 Å². The van der Waals surface area contributed by atoms with Crippen LogP contribution in [0.15, 0.2) is 35.2 Å². The van der Waals surface area contributed by atoms with Crippen molar-refractivity contribution < 1.29 is 27.7 Å². The summed E-state index contributed by atoms with van der Waals surface area (Å²) >= 11 is 0. The Morgan fingerprint density at radius 1 is 1.20 bits per heavy atom. The van der Waals surface area contributed by atoms with Gasteiger partial charge in [0.1, 0.15) is 4.90 Å². The molecule has 2 aliphatic heterocycles. The largest absolute Gasteiger partial charge is 0.492 e. The zero-order valence-corrected chi connectivity index (χ0v) is 17.9. The van der Waals surface area contributed by atoms with Crippen molar-refractivity contribution in [3.63, 3.8) is 0 Å². The molecule has 2 heterocycles. The molecule has 0 spiro atoms. The Hall–Kier alpha value is -2.33. The number of benzene rings is 2. The highest BCUT2D eigenvalue weighted by Gasteiger charge is 2.38. The van der Waals surface area contributed by atoms with Gasteiger partial charge < -0.3 is 24.2 Å². The smallest absolute Gasteiger partial charge is 0.245 e. The van der Waals surface area contributed by atoms with Gasteiger partial charge in [-0.1, -0.05) is 30.3 Å². The third-order valence-corrected chi connectivity index (χ3v) is 7.06. The summed E-state index contributed by atoms with van der Waals surface area (Å²) in [5.74, 6) is 1.01. The van der Waals surface area contributed by atoms with Crippen LogP contribution in [-0.2, 0) is 29.4 Å². The first-order chi connectivity index (χ1) is 14.4. The summed E-state index contributed by atoms with van der Waals surface area (Å²) in [6, 6.07) is 8.79. The fourth-order valence-electron chi connectivity index (χ4n) is 4.07. The Morgan fingerprint density at radius 3 is 2.63 bits per heavy atom. The average molecular weight is 435 g/mol. The summed E-state index contributed by atoms with van der Waals surface area (Å²) in [4.78, 5) is 2.19. The van der Waals surface area contributed by atoms with Gasteiger partial charge in [-0.3, -0.25) is 0 Å². The van der Waals surface area contributed by atoms with E-state index in [1.165, 1.54) is 0 Å². The lowest BCUT2D eigenvalue weighted by Crippen LogP contribution is -2.40. The molecule has 9 heteroatoms. The summed E-state index contributed by atoms with van der Waals surface area (Å²) in [5.41, 5.74) is 2.40. The van der Waals surface area contributed by atoms with Gasteiger partial charge >= 0.3 is 0 Å². The van der Waals surface area contributed by atoms with Crippen LogP contribution in [-0.4, -0.2) is 58.6 Å². The van der Waals surface area contributed by atoms with Crippen LogP contribution in [0.2, 0.25) is 0 Å². The van der Waals surface area contributed by atoms with E-state index in [9.17, 15) is 13.5 Å². The number of hydrogen-bond donors (Lipinski definition) is 2. The zero-order chi connectivity index (χ0) is 21.3. The van der Waals surface area contributed by atoms with E-state index in [1.807, 2.05) is 37.4 Å². The molecule has 0 fully saturated rings. The molecule has 1 atom stereocenters. The lowest BCUT2D eigenvalue weighted by molar-refractivity contribution is 0.169. The van der Waals surface area contributed by atoms with Crippen LogP contribution in [0.1, 0.15) is 16.7 Å². The minimum absolute atomic E-state index is 0.0691. The maximum absolute atomic E-state index is 13.5. The van der Waals surface area contributed by atoms with Gasteiger partial charge in [0, 0.05) is 24.7 Å². The van der Waals surface area contributed by atoms with E-state index in [0.29, 0.717) is 43.0 Å². The van der Waals surface area contributed by atoms with Crippen LogP contribution in [0.5, 0.6) is 17.2 Å². The molecule has 162 valence electrons. The van der Waals surface area contributed by atoms with Crippen molar-refractivity contribution >= 4 is 10.0 Å². The van der Waals surface area contributed by atoms with E-state index in [1.54, 1.807) is 7.11 Å². The first-order valence-electron chi connectivity index (χ1n) is 9.81. The van der Waals surface area contributed by atoms with Crippen molar-refractivity contribution in [2.75, 3.05) is 34.1 Å². The molecule has 4 rings (SSSR count). The van der Waals surface area contributed by atoms with E-state index in [0.717, 1.165) is 11.1 Å². The second kappa shape index (κ2) is 8.43. The Labute approximate surface area is 176 Å². The van der Waals surface area contributed by atoms with E-state index in [-0.39, 0.29) is 24.0 Å². The van der Waals surface area contributed by atoms with Gasteiger partial charge in [-0.15, -0.1) is 0 Å². The first kappa shape index (κ1) is 20.9. The summed E-state index contributed by atoms with van der Waals surface area (Å²) in [6.07, 6.45) is 0.911. The van der Waals surface area contributed by atoms with Crippen LogP contribution in [0.3, 0.4) is 0 Å². The van der Waals surface area contributed by atoms with Crippen molar-refractivity contribution in [2.24, 2.45) is 0 Å². The van der Waals surface area contributed by atoms with Crippen molar-refractivity contribution in [3.8, 4) is 17.2 Å². The fraction of sp³-hybridized carbons (Fsp3) is 0.429. The SMILES string of the molecule is COc1c2c(c(S(=O)(=O)N[C@@H](CO)Cc3ccccc3)c3c1OCO3)CCN(C)C2. The van der Waals surface area contributed by atoms with E-state index < -0.39 is 16.1 Å². The predicted octanol–water partition coefficient (Wildman–Crippen LogP) is 1.29. The zero-order valence-electron chi connectivity index (χ0n) is 17.1. The van der Waals surface area contributed by atoms with Crippen molar-refractivity contribution in [1.82, 2.24) is 9.62 Å². The molecular weight excluding hydrogens is 408 g/mol. The Kier molecular flexibility index (Phi) is 5.88. The van der Waals surface area contributed by atoms with Crippen LogP contribution in [0.25, 0.3) is 0 Å². The van der Waals surface area contributed by atoms with Gasteiger partial charge in [-0.05, 0) is 31.0 Å². The molecule has 0 unspecified atom stereocenters. The minimum Gasteiger partial charge on any atom is -0.492 e. The highest BCUT2D eigenvalue weighted by atomic mass is 32.2. The molecule has 8 nitrogen and oxygen atoms in total. The first-order valence-corrected chi connectivity index (χ1v) is 11.3. The minimum atomic E-state index is -3.99. The van der Waals surface area contributed by atoms with Crippen LogP contribution >= 0.6 is 0 Å². The topological polar surface area (TPSA) is 97.3 Å². The molecule has 2 aromatic carbocycles. The van der Waals surface area contributed by atoms with E-state index >= 15 is 0 Å². The molecule has 2 aromatic rings. The van der Waals surface area contributed by atoms with Crippen molar-refractivity contribution in [1.29, 1.82) is 0 Å². The van der Waals surface area contributed by atoms with E-state index in [2.05, 4.69) is 9.62 Å². The number of aliphatic hydroxyl groups excluding tert-OH is 1. The molecule has 2 N–H and O–H groups in total. The monoisotopic (exact) mass is 434 g/mol. The molecule has 2 aliphatic rings. The lowest BCUT2D eigenvalue weighted by Gasteiger charge is -2.29. The molecule has 0 amide bonds. The van der Waals surface area contributed by atoms with Gasteiger partial charge in [0.05, 0.1) is 13.7 Å². The molecule has 0 radical (unpaired) electrons. The molecule has 0 aromatic heterocycles. The van der Waals surface area contributed by atoms with Crippen LogP contribution in [0, 0.1) is 0 Å². The quantitative estimate of drug-likeness (QED) is 0.678.